The van der Waals surface area contributed by atoms with Crippen LogP contribution < -0.4 is 0 Å². The highest BCUT2D eigenvalue weighted by atomic mass is 31.2. The fourth-order valence-corrected chi connectivity index (χ4v) is 5.29. The molecule has 1 aliphatic heterocycles. The zero-order chi connectivity index (χ0) is 18.0. The predicted molar refractivity (Wildman–Crippen MR) is 97.1 cm³/mol. The number of ether oxygens (including phenoxy) is 1. The minimum atomic E-state index is -3.49. The average molecular weight is 370 g/mol. The maximum atomic E-state index is 12.9. The van der Waals surface area contributed by atoms with Crippen molar-refractivity contribution in [2.45, 2.75) is 38.8 Å². The van der Waals surface area contributed by atoms with E-state index in [4.69, 9.17) is 18.2 Å². The van der Waals surface area contributed by atoms with Crippen molar-refractivity contribution in [3.63, 3.8) is 0 Å². The van der Waals surface area contributed by atoms with Crippen LogP contribution in [0, 0.1) is 5.92 Å². The van der Waals surface area contributed by atoms with E-state index in [9.17, 15) is 4.57 Å². The highest BCUT2D eigenvalue weighted by Crippen LogP contribution is 2.60. The van der Waals surface area contributed by atoms with Gasteiger partial charge >= 0.3 is 7.60 Å². The standard InChI is InChI=1S/C17H27O5PSi/c1-14-12-16(23(18,19-2)20-3)21-17(13-14,22-24(4,5)6)15-10-8-7-9-11-15/h7-12,14H,13H2,1-6H3/t14-,17+/m0/s1. The number of hydrogen-bond acceptors (Lipinski definition) is 5. The molecule has 1 heterocycles. The van der Waals surface area contributed by atoms with Crippen LogP contribution in [0.5, 0.6) is 0 Å². The Kier molecular flexibility index (Phi) is 5.78. The van der Waals surface area contributed by atoms with Crippen LogP contribution in [0.2, 0.25) is 19.6 Å². The van der Waals surface area contributed by atoms with Crippen molar-refractivity contribution in [1.82, 2.24) is 0 Å². The van der Waals surface area contributed by atoms with Gasteiger partial charge in [0.2, 0.25) is 11.3 Å². The maximum Gasteiger partial charge on any atom is 0.394 e. The van der Waals surface area contributed by atoms with Gasteiger partial charge in [-0.1, -0.05) is 37.3 Å². The Balaban J connectivity index is 2.53. The lowest BCUT2D eigenvalue weighted by Gasteiger charge is -2.44. The van der Waals surface area contributed by atoms with Crippen LogP contribution in [0.15, 0.2) is 41.9 Å². The molecule has 0 fully saturated rings. The van der Waals surface area contributed by atoms with Crippen LogP contribution in [0.1, 0.15) is 18.9 Å². The predicted octanol–water partition coefficient (Wildman–Crippen LogP) is 5.07. The molecule has 0 radical (unpaired) electrons. The van der Waals surface area contributed by atoms with Gasteiger partial charge in [0, 0.05) is 26.2 Å². The minimum Gasteiger partial charge on any atom is -0.451 e. The van der Waals surface area contributed by atoms with Crippen molar-refractivity contribution in [2.75, 3.05) is 14.2 Å². The molecule has 1 aliphatic rings. The molecule has 0 unspecified atom stereocenters. The van der Waals surface area contributed by atoms with Crippen molar-refractivity contribution in [1.29, 1.82) is 0 Å². The third-order valence-corrected chi connectivity index (χ3v) is 6.41. The fraction of sp³-hybridized carbons (Fsp3) is 0.529. The highest BCUT2D eigenvalue weighted by molar-refractivity contribution is 7.58. The number of allylic oxidation sites excluding steroid dienone is 1. The molecule has 0 saturated heterocycles. The number of hydrogen-bond donors (Lipinski definition) is 0. The summed E-state index contributed by atoms with van der Waals surface area (Å²) in [7, 11) is -2.73. The molecule has 134 valence electrons. The average Bonchev–Trinajstić information content (AvgIpc) is 2.52. The van der Waals surface area contributed by atoms with Gasteiger partial charge < -0.3 is 18.2 Å². The second kappa shape index (κ2) is 7.14. The monoisotopic (exact) mass is 370 g/mol. The molecule has 1 aromatic rings. The van der Waals surface area contributed by atoms with Gasteiger partial charge in [0.25, 0.3) is 0 Å². The SMILES string of the molecule is COP(=O)(OC)C1=C[C@H](C)C[C@@](O[Si](C)(C)C)(c2ccccc2)O1. The molecule has 24 heavy (non-hydrogen) atoms. The van der Waals surface area contributed by atoms with Crippen molar-refractivity contribution >= 4 is 15.9 Å². The van der Waals surface area contributed by atoms with Crippen LogP contribution >= 0.6 is 7.60 Å². The second-order valence-electron chi connectivity index (χ2n) is 6.98. The van der Waals surface area contributed by atoms with Crippen LogP contribution in [0.25, 0.3) is 0 Å². The number of benzene rings is 1. The molecule has 0 aliphatic carbocycles. The first-order valence-corrected chi connectivity index (χ1v) is 13.0. The Morgan fingerprint density at radius 2 is 1.75 bits per heavy atom. The van der Waals surface area contributed by atoms with Crippen molar-refractivity contribution in [3.8, 4) is 0 Å². The first-order chi connectivity index (χ1) is 11.1. The van der Waals surface area contributed by atoms with Crippen molar-refractivity contribution < 1.29 is 22.8 Å². The molecular weight excluding hydrogens is 343 g/mol. The topological polar surface area (TPSA) is 54.0 Å². The maximum absolute atomic E-state index is 12.9. The van der Waals surface area contributed by atoms with Gasteiger partial charge in [0.15, 0.2) is 8.32 Å². The van der Waals surface area contributed by atoms with E-state index in [-0.39, 0.29) is 11.4 Å². The summed E-state index contributed by atoms with van der Waals surface area (Å²) in [6.07, 6.45) is 2.45. The second-order valence-corrected chi connectivity index (χ2v) is 13.6. The summed E-state index contributed by atoms with van der Waals surface area (Å²) < 4.78 is 35.8. The Hall–Kier alpha value is -0.913. The lowest BCUT2D eigenvalue weighted by atomic mass is 9.93. The summed E-state index contributed by atoms with van der Waals surface area (Å²) in [6, 6.07) is 9.79. The summed E-state index contributed by atoms with van der Waals surface area (Å²) in [5.41, 5.74) is 1.12. The van der Waals surface area contributed by atoms with Crippen molar-refractivity contribution in [3.05, 3.63) is 47.5 Å². The zero-order valence-corrected chi connectivity index (χ0v) is 17.1. The Labute approximate surface area is 145 Å². The Morgan fingerprint density at radius 3 is 2.25 bits per heavy atom. The molecule has 0 spiro atoms. The smallest absolute Gasteiger partial charge is 0.394 e. The molecule has 1 aromatic carbocycles. The van der Waals surface area contributed by atoms with E-state index in [1.165, 1.54) is 14.2 Å². The third-order valence-electron chi connectivity index (χ3n) is 3.72. The lowest BCUT2D eigenvalue weighted by molar-refractivity contribution is -0.184. The molecule has 2 rings (SSSR count). The van der Waals surface area contributed by atoms with E-state index in [1.54, 1.807) is 0 Å². The van der Waals surface area contributed by atoms with Gasteiger partial charge in [-0.05, 0) is 31.6 Å². The van der Waals surface area contributed by atoms with Crippen LogP contribution in [0.4, 0.5) is 0 Å². The van der Waals surface area contributed by atoms with Crippen LogP contribution in [-0.4, -0.2) is 22.5 Å². The fourth-order valence-electron chi connectivity index (χ4n) is 2.86. The molecule has 5 nitrogen and oxygen atoms in total. The van der Waals surface area contributed by atoms with E-state index >= 15 is 0 Å². The van der Waals surface area contributed by atoms with E-state index < -0.39 is 21.7 Å². The summed E-state index contributed by atoms with van der Waals surface area (Å²) in [5.74, 6) is -0.883. The van der Waals surface area contributed by atoms with Crippen LogP contribution in [-0.2, 0) is 28.6 Å². The van der Waals surface area contributed by atoms with Gasteiger partial charge in [0.05, 0.1) is 0 Å². The quantitative estimate of drug-likeness (QED) is 0.517. The lowest BCUT2D eigenvalue weighted by Crippen LogP contribution is -2.45. The van der Waals surface area contributed by atoms with Crippen LogP contribution in [0.3, 0.4) is 0 Å². The summed E-state index contributed by atoms with van der Waals surface area (Å²) in [6.45, 7) is 8.37. The Bertz CT molecular complexity index is 632. The molecule has 0 amide bonds. The molecule has 0 N–H and O–H groups in total. The van der Waals surface area contributed by atoms with E-state index in [0.29, 0.717) is 6.42 Å². The summed E-state index contributed by atoms with van der Waals surface area (Å²) >= 11 is 0. The largest absolute Gasteiger partial charge is 0.451 e. The third kappa shape index (κ3) is 4.19. The van der Waals surface area contributed by atoms with E-state index in [1.807, 2.05) is 43.3 Å². The molecular formula is C17H27O5PSi. The van der Waals surface area contributed by atoms with Gasteiger partial charge in [-0.25, -0.2) is 0 Å². The van der Waals surface area contributed by atoms with Gasteiger partial charge in [-0.3, -0.25) is 4.57 Å². The molecule has 7 heteroatoms. The first-order valence-electron chi connectivity index (χ1n) is 8.03. The van der Waals surface area contributed by atoms with E-state index in [0.717, 1.165) is 5.56 Å². The highest BCUT2D eigenvalue weighted by Gasteiger charge is 2.48. The first kappa shape index (κ1) is 19.4. The van der Waals surface area contributed by atoms with E-state index in [2.05, 4.69) is 19.6 Å². The zero-order valence-electron chi connectivity index (χ0n) is 15.2. The summed E-state index contributed by atoms with van der Waals surface area (Å²) in [4.78, 5) is 0. The number of rotatable bonds is 6. The molecule has 2 atom stereocenters. The summed E-state index contributed by atoms with van der Waals surface area (Å²) in [5, 5.41) is 0. The van der Waals surface area contributed by atoms with Gasteiger partial charge in [0.1, 0.15) is 0 Å². The van der Waals surface area contributed by atoms with Crippen molar-refractivity contribution in [2.24, 2.45) is 5.92 Å². The minimum absolute atomic E-state index is 0.101. The molecule has 0 bridgehead atoms. The normalized spacial score (nSPS) is 25.1. The Morgan fingerprint density at radius 1 is 1.17 bits per heavy atom. The van der Waals surface area contributed by atoms with Gasteiger partial charge in [-0.15, -0.1) is 0 Å². The molecule has 0 saturated carbocycles. The molecule has 0 aromatic heterocycles. The van der Waals surface area contributed by atoms with Gasteiger partial charge in [-0.2, -0.15) is 0 Å².